The zero-order valence-corrected chi connectivity index (χ0v) is 16.2. The van der Waals surface area contributed by atoms with E-state index >= 15 is 0 Å². The maximum atomic E-state index is 11.9. The number of carbonyl (C=O) groups is 2. The highest BCUT2D eigenvalue weighted by molar-refractivity contribution is 7.80. The van der Waals surface area contributed by atoms with Gasteiger partial charge in [-0.25, -0.2) is 0 Å². The van der Waals surface area contributed by atoms with Crippen molar-refractivity contribution in [3.05, 3.63) is 29.8 Å². The number of hydrazine groups is 1. The first-order valence-corrected chi connectivity index (χ1v) is 9.47. The third-order valence-corrected chi connectivity index (χ3v) is 4.62. The number of thiocarbonyl (C=S) groups is 1. The van der Waals surface area contributed by atoms with Gasteiger partial charge in [0.05, 0.1) is 0 Å². The van der Waals surface area contributed by atoms with Gasteiger partial charge in [-0.1, -0.05) is 44.9 Å². The molecule has 2 rings (SSSR count). The van der Waals surface area contributed by atoms with E-state index in [0.717, 1.165) is 18.4 Å². The van der Waals surface area contributed by atoms with Crippen molar-refractivity contribution in [3.8, 4) is 5.75 Å². The lowest BCUT2D eigenvalue weighted by molar-refractivity contribution is -0.124. The molecule has 6 nitrogen and oxygen atoms in total. The standard InChI is InChI=1S/C19H27N3O3S/c1-13(2)15-9-5-6-10-16(15)25-12-18(24)21-22-19(26)20-17(23)11-14-7-3-4-8-14/h5-6,9-10,13-14H,3-4,7-8,11-12H2,1-2H3,(H,21,24)(H2,20,22,23,26). The van der Waals surface area contributed by atoms with Crippen LogP contribution in [0.5, 0.6) is 5.75 Å². The van der Waals surface area contributed by atoms with Crippen LogP contribution < -0.4 is 20.9 Å². The van der Waals surface area contributed by atoms with Gasteiger partial charge in [0.25, 0.3) is 5.91 Å². The molecule has 1 fully saturated rings. The monoisotopic (exact) mass is 377 g/mol. The molecule has 1 aromatic carbocycles. The van der Waals surface area contributed by atoms with E-state index in [9.17, 15) is 9.59 Å². The van der Waals surface area contributed by atoms with E-state index in [4.69, 9.17) is 17.0 Å². The average molecular weight is 378 g/mol. The highest BCUT2D eigenvalue weighted by Crippen LogP contribution is 2.27. The molecule has 0 radical (unpaired) electrons. The predicted molar refractivity (Wildman–Crippen MR) is 105 cm³/mol. The second kappa shape index (κ2) is 10.1. The average Bonchev–Trinajstić information content (AvgIpc) is 3.11. The van der Waals surface area contributed by atoms with Crippen LogP contribution in [-0.4, -0.2) is 23.5 Å². The molecular formula is C19H27N3O3S. The van der Waals surface area contributed by atoms with Crippen molar-refractivity contribution >= 4 is 29.1 Å². The smallest absolute Gasteiger partial charge is 0.276 e. The van der Waals surface area contributed by atoms with Crippen molar-refractivity contribution in [3.63, 3.8) is 0 Å². The highest BCUT2D eigenvalue weighted by Gasteiger charge is 2.19. The molecule has 26 heavy (non-hydrogen) atoms. The lowest BCUT2D eigenvalue weighted by Gasteiger charge is -2.15. The van der Waals surface area contributed by atoms with Gasteiger partial charge < -0.3 is 10.1 Å². The van der Waals surface area contributed by atoms with E-state index in [1.165, 1.54) is 12.8 Å². The van der Waals surface area contributed by atoms with Gasteiger partial charge in [-0.15, -0.1) is 0 Å². The molecule has 0 spiro atoms. The van der Waals surface area contributed by atoms with E-state index in [-0.39, 0.29) is 23.5 Å². The van der Waals surface area contributed by atoms with Crippen LogP contribution in [-0.2, 0) is 9.59 Å². The molecule has 0 aliphatic heterocycles. The van der Waals surface area contributed by atoms with Crippen LogP contribution in [0.4, 0.5) is 0 Å². The predicted octanol–water partition coefficient (Wildman–Crippen LogP) is 2.79. The molecule has 0 atom stereocenters. The van der Waals surface area contributed by atoms with Crippen molar-refractivity contribution in [2.45, 2.75) is 51.9 Å². The molecule has 7 heteroatoms. The Morgan fingerprint density at radius 3 is 2.54 bits per heavy atom. The summed E-state index contributed by atoms with van der Waals surface area (Å²) in [6.07, 6.45) is 5.05. The Hall–Kier alpha value is -2.15. The van der Waals surface area contributed by atoms with Gasteiger partial charge in [0.2, 0.25) is 5.91 Å². The van der Waals surface area contributed by atoms with Crippen LogP contribution in [0.25, 0.3) is 0 Å². The number of hydrogen-bond acceptors (Lipinski definition) is 4. The zero-order chi connectivity index (χ0) is 18.9. The number of amides is 2. The quantitative estimate of drug-likeness (QED) is 0.525. The minimum Gasteiger partial charge on any atom is -0.483 e. The molecular weight excluding hydrogens is 350 g/mol. The summed E-state index contributed by atoms with van der Waals surface area (Å²) < 4.78 is 5.58. The maximum Gasteiger partial charge on any atom is 0.276 e. The Balaban J connectivity index is 1.68. The van der Waals surface area contributed by atoms with Crippen molar-refractivity contribution in [1.29, 1.82) is 0 Å². The number of carbonyl (C=O) groups excluding carboxylic acids is 2. The lowest BCUT2D eigenvalue weighted by Crippen LogP contribution is -2.49. The molecule has 3 N–H and O–H groups in total. The molecule has 142 valence electrons. The Bertz CT molecular complexity index is 643. The number of rotatable bonds is 6. The second-order valence-corrected chi connectivity index (χ2v) is 7.29. The molecule has 0 aromatic heterocycles. The molecule has 1 aliphatic carbocycles. The van der Waals surface area contributed by atoms with E-state index in [2.05, 4.69) is 30.0 Å². The van der Waals surface area contributed by atoms with Crippen molar-refractivity contribution in [2.75, 3.05) is 6.61 Å². The van der Waals surface area contributed by atoms with Crippen molar-refractivity contribution in [1.82, 2.24) is 16.2 Å². The minimum atomic E-state index is -0.379. The number of ether oxygens (including phenoxy) is 1. The number of para-hydroxylation sites is 1. The number of hydrogen-bond donors (Lipinski definition) is 3. The Morgan fingerprint density at radius 1 is 1.15 bits per heavy atom. The summed E-state index contributed by atoms with van der Waals surface area (Å²) in [5.74, 6) is 0.934. The SMILES string of the molecule is CC(C)c1ccccc1OCC(=O)NNC(=S)NC(=O)CC1CCCC1. The van der Waals surface area contributed by atoms with E-state index in [1.807, 2.05) is 24.3 Å². The van der Waals surface area contributed by atoms with Crippen LogP contribution in [0.2, 0.25) is 0 Å². The topological polar surface area (TPSA) is 79.5 Å². The van der Waals surface area contributed by atoms with Crippen molar-refractivity contribution in [2.24, 2.45) is 5.92 Å². The number of benzene rings is 1. The summed E-state index contributed by atoms with van der Waals surface area (Å²) in [6.45, 7) is 3.99. The minimum absolute atomic E-state index is 0.0870. The summed E-state index contributed by atoms with van der Waals surface area (Å²) in [4.78, 5) is 23.8. The molecule has 2 amide bonds. The lowest BCUT2D eigenvalue weighted by atomic mass is 10.0. The van der Waals surface area contributed by atoms with E-state index < -0.39 is 0 Å². The Morgan fingerprint density at radius 2 is 1.85 bits per heavy atom. The molecule has 1 aromatic rings. The van der Waals surface area contributed by atoms with Gasteiger partial charge >= 0.3 is 0 Å². The fourth-order valence-electron chi connectivity index (χ4n) is 3.08. The van der Waals surface area contributed by atoms with Crippen LogP contribution in [0.3, 0.4) is 0 Å². The fraction of sp³-hybridized carbons (Fsp3) is 0.526. The van der Waals surface area contributed by atoms with Crippen LogP contribution in [0.15, 0.2) is 24.3 Å². The molecule has 1 saturated carbocycles. The van der Waals surface area contributed by atoms with Gasteiger partial charge in [0.1, 0.15) is 5.75 Å². The fourth-order valence-corrected chi connectivity index (χ4v) is 3.25. The van der Waals surface area contributed by atoms with Crippen LogP contribution >= 0.6 is 12.2 Å². The third-order valence-electron chi connectivity index (χ3n) is 4.42. The summed E-state index contributed by atoms with van der Waals surface area (Å²) in [5, 5.41) is 2.67. The highest BCUT2D eigenvalue weighted by atomic mass is 32.1. The van der Waals surface area contributed by atoms with E-state index in [0.29, 0.717) is 24.0 Å². The first-order chi connectivity index (χ1) is 12.5. The third kappa shape index (κ3) is 6.63. The van der Waals surface area contributed by atoms with Crippen molar-refractivity contribution < 1.29 is 14.3 Å². The molecule has 1 aliphatic rings. The van der Waals surface area contributed by atoms with E-state index in [1.54, 1.807) is 0 Å². The normalized spacial score (nSPS) is 14.1. The van der Waals surface area contributed by atoms with Gasteiger partial charge in [-0.2, -0.15) is 0 Å². The van der Waals surface area contributed by atoms with Crippen LogP contribution in [0.1, 0.15) is 57.4 Å². The van der Waals surface area contributed by atoms with Gasteiger partial charge in [0, 0.05) is 6.42 Å². The summed E-state index contributed by atoms with van der Waals surface area (Å²) in [6, 6.07) is 7.62. The molecule has 0 unspecified atom stereocenters. The molecule has 0 bridgehead atoms. The Labute approximate surface area is 160 Å². The first-order valence-electron chi connectivity index (χ1n) is 9.06. The largest absolute Gasteiger partial charge is 0.483 e. The molecule has 0 heterocycles. The van der Waals surface area contributed by atoms with Gasteiger partial charge in [-0.05, 0) is 48.5 Å². The maximum absolute atomic E-state index is 11.9. The Kier molecular flexibility index (Phi) is 7.84. The van der Waals surface area contributed by atoms with Gasteiger partial charge in [0.15, 0.2) is 11.7 Å². The second-order valence-electron chi connectivity index (χ2n) is 6.89. The van der Waals surface area contributed by atoms with Gasteiger partial charge in [-0.3, -0.25) is 20.4 Å². The van der Waals surface area contributed by atoms with Crippen LogP contribution in [0, 0.1) is 5.92 Å². The zero-order valence-electron chi connectivity index (χ0n) is 15.3. The first kappa shape index (κ1) is 20.2. The summed E-state index contributed by atoms with van der Waals surface area (Å²) >= 11 is 5.02. The summed E-state index contributed by atoms with van der Waals surface area (Å²) in [7, 11) is 0. The summed E-state index contributed by atoms with van der Waals surface area (Å²) in [5.41, 5.74) is 6.01. The molecule has 0 saturated heterocycles. The number of nitrogens with one attached hydrogen (secondary N) is 3.